The maximum absolute atomic E-state index is 6.06. The second-order valence-corrected chi connectivity index (χ2v) is 7.71. The van der Waals surface area contributed by atoms with E-state index in [2.05, 4.69) is 57.0 Å². The Hall–Kier alpha value is -0.860. The Morgan fingerprint density at radius 3 is 2.19 bits per heavy atom. The van der Waals surface area contributed by atoms with E-state index >= 15 is 0 Å². The lowest BCUT2D eigenvalue weighted by atomic mass is 9.86. The van der Waals surface area contributed by atoms with Crippen molar-refractivity contribution in [3.05, 3.63) is 35.4 Å². The summed E-state index contributed by atoms with van der Waals surface area (Å²) in [6.07, 6.45) is 5.60. The molecule has 1 aliphatic rings. The highest BCUT2D eigenvalue weighted by Gasteiger charge is 2.22. The Labute approximate surface area is 130 Å². The van der Waals surface area contributed by atoms with Crippen LogP contribution in [0.25, 0.3) is 0 Å². The molecule has 0 heterocycles. The van der Waals surface area contributed by atoms with Crippen molar-refractivity contribution in [2.45, 2.75) is 57.9 Å². The molecule has 1 fully saturated rings. The standard InChI is InChI=1S/C19H32N2/c1-19(2,3)17-11-9-16(10-12-17)18(13-20)21(4)14-15-7-5-6-8-15/h9-12,15,18H,5-8,13-14,20H2,1-4H3. The lowest BCUT2D eigenvalue weighted by Crippen LogP contribution is -2.33. The van der Waals surface area contributed by atoms with Gasteiger partial charge < -0.3 is 5.73 Å². The quantitative estimate of drug-likeness (QED) is 0.883. The number of nitrogens with two attached hydrogens (primary N) is 1. The van der Waals surface area contributed by atoms with Crippen molar-refractivity contribution in [1.29, 1.82) is 0 Å². The lowest BCUT2D eigenvalue weighted by Gasteiger charge is -2.30. The molecule has 1 unspecified atom stereocenters. The van der Waals surface area contributed by atoms with Crippen molar-refractivity contribution in [3.63, 3.8) is 0 Å². The third kappa shape index (κ3) is 4.31. The lowest BCUT2D eigenvalue weighted by molar-refractivity contribution is 0.212. The van der Waals surface area contributed by atoms with E-state index in [1.807, 2.05) is 0 Å². The first kappa shape index (κ1) is 16.5. The molecule has 1 saturated carbocycles. The van der Waals surface area contributed by atoms with Gasteiger partial charge in [-0.25, -0.2) is 0 Å². The van der Waals surface area contributed by atoms with Crippen molar-refractivity contribution in [2.24, 2.45) is 11.7 Å². The van der Waals surface area contributed by atoms with E-state index in [1.54, 1.807) is 0 Å². The van der Waals surface area contributed by atoms with Crippen molar-refractivity contribution in [2.75, 3.05) is 20.1 Å². The van der Waals surface area contributed by atoms with Gasteiger partial charge in [0.2, 0.25) is 0 Å². The molecular weight excluding hydrogens is 256 g/mol. The van der Waals surface area contributed by atoms with Gasteiger partial charge in [-0.05, 0) is 42.3 Å². The van der Waals surface area contributed by atoms with Crippen LogP contribution in [0.4, 0.5) is 0 Å². The molecule has 0 aromatic heterocycles. The minimum absolute atomic E-state index is 0.215. The molecule has 0 bridgehead atoms. The molecule has 0 amide bonds. The van der Waals surface area contributed by atoms with Crippen molar-refractivity contribution in [1.82, 2.24) is 4.90 Å². The third-order valence-corrected chi connectivity index (χ3v) is 4.94. The van der Waals surface area contributed by atoms with Crippen molar-refractivity contribution in [3.8, 4) is 0 Å². The van der Waals surface area contributed by atoms with Gasteiger partial charge in [0.15, 0.2) is 0 Å². The molecule has 0 radical (unpaired) electrons. The zero-order valence-corrected chi connectivity index (χ0v) is 14.2. The van der Waals surface area contributed by atoms with Crippen LogP contribution in [0.1, 0.15) is 63.6 Å². The van der Waals surface area contributed by atoms with Crippen LogP contribution in [0.3, 0.4) is 0 Å². The number of nitrogens with zero attached hydrogens (tertiary/aromatic N) is 1. The third-order valence-electron chi connectivity index (χ3n) is 4.94. The van der Waals surface area contributed by atoms with E-state index in [0.717, 1.165) is 5.92 Å². The summed E-state index contributed by atoms with van der Waals surface area (Å²) >= 11 is 0. The SMILES string of the molecule is CN(CC1CCCC1)C(CN)c1ccc(C(C)(C)C)cc1. The Morgan fingerprint density at radius 1 is 1.14 bits per heavy atom. The molecule has 1 aromatic rings. The van der Waals surface area contributed by atoms with Gasteiger partial charge in [-0.2, -0.15) is 0 Å². The Bertz CT molecular complexity index is 424. The topological polar surface area (TPSA) is 29.3 Å². The van der Waals surface area contributed by atoms with Gasteiger partial charge >= 0.3 is 0 Å². The predicted molar refractivity (Wildman–Crippen MR) is 91.5 cm³/mol. The maximum Gasteiger partial charge on any atom is 0.0467 e. The van der Waals surface area contributed by atoms with E-state index in [9.17, 15) is 0 Å². The summed E-state index contributed by atoms with van der Waals surface area (Å²) in [5.74, 6) is 0.873. The number of rotatable bonds is 5. The van der Waals surface area contributed by atoms with Gasteiger partial charge in [0, 0.05) is 19.1 Å². The number of hydrogen-bond acceptors (Lipinski definition) is 2. The summed E-state index contributed by atoms with van der Waals surface area (Å²) in [5, 5.41) is 0. The summed E-state index contributed by atoms with van der Waals surface area (Å²) < 4.78 is 0. The molecule has 0 saturated heterocycles. The molecule has 0 aliphatic heterocycles. The van der Waals surface area contributed by atoms with Gasteiger partial charge in [0.25, 0.3) is 0 Å². The molecule has 2 nitrogen and oxygen atoms in total. The van der Waals surface area contributed by atoms with Gasteiger partial charge in [-0.1, -0.05) is 57.9 Å². The van der Waals surface area contributed by atoms with Crippen molar-refractivity contribution >= 4 is 0 Å². The fourth-order valence-corrected chi connectivity index (χ4v) is 3.50. The molecule has 2 N–H and O–H groups in total. The highest BCUT2D eigenvalue weighted by atomic mass is 15.1. The fourth-order valence-electron chi connectivity index (χ4n) is 3.50. The molecule has 1 aromatic carbocycles. The van der Waals surface area contributed by atoms with Gasteiger partial charge in [0.1, 0.15) is 0 Å². The van der Waals surface area contributed by atoms with Crippen LogP contribution in [0.15, 0.2) is 24.3 Å². The summed E-state index contributed by atoms with van der Waals surface area (Å²) in [6, 6.07) is 9.41. The second-order valence-electron chi connectivity index (χ2n) is 7.71. The average Bonchev–Trinajstić information content (AvgIpc) is 2.92. The zero-order valence-electron chi connectivity index (χ0n) is 14.2. The summed E-state index contributed by atoms with van der Waals surface area (Å²) in [5.41, 5.74) is 9.02. The first-order valence-electron chi connectivity index (χ1n) is 8.42. The first-order valence-corrected chi connectivity index (χ1v) is 8.42. The Morgan fingerprint density at radius 2 is 1.71 bits per heavy atom. The zero-order chi connectivity index (χ0) is 15.5. The Balaban J connectivity index is 2.05. The van der Waals surface area contributed by atoms with Gasteiger partial charge in [-0.3, -0.25) is 4.90 Å². The average molecular weight is 288 g/mol. The Kier molecular flexibility index (Phi) is 5.45. The summed E-state index contributed by atoms with van der Waals surface area (Å²) in [7, 11) is 2.23. The van der Waals surface area contributed by atoms with Crippen LogP contribution in [-0.2, 0) is 5.41 Å². The highest BCUT2D eigenvalue weighted by molar-refractivity contribution is 5.29. The minimum Gasteiger partial charge on any atom is -0.329 e. The molecule has 1 atom stereocenters. The maximum atomic E-state index is 6.06. The largest absolute Gasteiger partial charge is 0.329 e. The van der Waals surface area contributed by atoms with E-state index in [1.165, 1.54) is 43.4 Å². The monoisotopic (exact) mass is 288 g/mol. The van der Waals surface area contributed by atoms with Gasteiger partial charge in [-0.15, -0.1) is 0 Å². The van der Waals surface area contributed by atoms with Crippen molar-refractivity contribution < 1.29 is 0 Å². The molecule has 21 heavy (non-hydrogen) atoms. The van der Waals surface area contributed by atoms with Crippen LogP contribution in [-0.4, -0.2) is 25.0 Å². The van der Waals surface area contributed by atoms with Crippen LogP contribution >= 0.6 is 0 Å². The van der Waals surface area contributed by atoms with E-state index < -0.39 is 0 Å². The molecule has 2 heteroatoms. The smallest absolute Gasteiger partial charge is 0.0467 e. The number of hydrogen-bond donors (Lipinski definition) is 1. The normalized spacial score (nSPS) is 18.4. The highest BCUT2D eigenvalue weighted by Crippen LogP contribution is 2.29. The first-order chi connectivity index (χ1) is 9.91. The fraction of sp³-hybridized carbons (Fsp3) is 0.684. The summed E-state index contributed by atoms with van der Waals surface area (Å²) in [6.45, 7) is 8.65. The van der Waals surface area contributed by atoms with Crippen LogP contribution in [0, 0.1) is 5.92 Å². The molecule has 1 aliphatic carbocycles. The van der Waals surface area contributed by atoms with E-state index in [4.69, 9.17) is 5.73 Å². The molecule has 0 spiro atoms. The van der Waals surface area contributed by atoms with Crippen LogP contribution in [0.2, 0.25) is 0 Å². The van der Waals surface area contributed by atoms with Gasteiger partial charge in [0.05, 0.1) is 0 Å². The van der Waals surface area contributed by atoms with Crippen LogP contribution in [0.5, 0.6) is 0 Å². The second kappa shape index (κ2) is 6.93. The molecule has 118 valence electrons. The number of likely N-dealkylation sites (N-methyl/N-ethyl adjacent to an activating group) is 1. The van der Waals surface area contributed by atoms with E-state index in [-0.39, 0.29) is 5.41 Å². The molecular formula is C19H32N2. The van der Waals surface area contributed by atoms with Crippen LogP contribution < -0.4 is 5.73 Å². The predicted octanol–water partition coefficient (Wildman–Crippen LogP) is 4.11. The molecule has 2 rings (SSSR count). The van der Waals surface area contributed by atoms with E-state index in [0.29, 0.717) is 12.6 Å². The number of benzene rings is 1. The minimum atomic E-state index is 0.215. The summed E-state index contributed by atoms with van der Waals surface area (Å²) in [4.78, 5) is 2.46.